The topological polar surface area (TPSA) is 70.0 Å². The monoisotopic (exact) mass is 370 g/mol. The lowest BCUT2D eigenvalue weighted by molar-refractivity contribution is 0.579. The third-order valence-corrected chi connectivity index (χ3v) is 4.83. The molecule has 0 spiro atoms. The fourth-order valence-electron chi connectivity index (χ4n) is 1.23. The quantitative estimate of drug-likeness (QED) is 0.807. The van der Waals surface area contributed by atoms with Crippen molar-refractivity contribution in [2.45, 2.75) is 17.7 Å². The largest absolute Gasteiger partial charge is 0.243 e. The molecule has 4 nitrogen and oxygen atoms in total. The molecule has 0 aliphatic heterocycles. The van der Waals surface area contributed by atoms with Crippen LogP contribution in [0.25, 0.3) is 0 Å². The molecule has 0 aliphatic carbocycles. The van der Waals surface area contributed by atoms with Crippen LogP contribution in [0.2, 0.25) is 10.0 Å². The predicted molar refractivity (Wildman–Crippen MR) is 74.2 cm³/mol. The summed E-state index contributed by atoms with van der Waals surface area (Å²) in [5, 5.41) is 8.44. The van der Waals surface area contributed by atoms with Gasteiger partial charge in [-0.2, -0.15) is 5.26 Å². The normalized spacial score (nSPS) is 11.2. The van der Waals surface area contributed by atoms with Crippen molar-refractivity contribution in [3.8, 4) is 6.07 Å². The second kappa shape index (κ2) is 6.73. The molecule has 1 N–H and O–H groups in total. The molecule has 0 saturated carbocycles. The van der Waals surface area contributed by atoms with Crippen LogP contribution in [-0.2, 0) is 10.0 Å². The first-order chi connectivity index (χ1) is 8.38. The van der Waals surface area contributed by atoms with Gasteiger partial charge >= 0.3 is 0 Å². The van der Waals surface area contributed by atoms with Gasteiger partial charge in [0.2, 0.25) is 10.0 Å². The zero-order valence-electron chi connectivity index (χ0n) is 9.08. The van der Waals surface area contributed by atoms with Crippen LogP contribution >= 0.6 is 39.1 Å². The first-order valence-corrected chi connectivity index (χ1v) is 7.93. The Hall–Kier alpha value is -0.320. The Morgan fingerprint density at radius 3 is 2.39 bits per heavy atom. The minimum absolute atomic E-state index is 0.0437. The van der Waals surface area contributed by atoms with E-state index >= 15 is 0 Å². The van der Waals surface area contributed by atoms with Crippen molar-refractivity contribution in [3.63, 3.8) is 0 Å². The molecule has 8 heteroatoms. The van der Waals surface area contributed by atoms with Gasteiger partial charge in [-0.25, -0.2) is 13.1 Å². The number of halogens is 3. The fourth-order valence-corrected chi connectivity index (χ4v) is 4.24. The van der Waals surface area contributed by atoms with Crippen molar-refractivity contribution < 1.29 is 8.42 Å². The van der Waals surface area contributed by atoms with Crippen molar-refractivity contribution in [1.29, 1.82) is 5.26 Å². The minimum Gasteiger partial charge on any atom is -0.211 e. The van der Waals surface area contributed by atoms with Crippen molar-refractivity contribution in [2.75, 3.05) is 6.54 Å². The maximum absolute atomic E-state index is 12.0. The molecule has 0 saturated heterocycles. The van der Waals surface area contributed by atoms with Crippen molar-refractivity contribution in [2.24, 2.45) is 0 Å². The van der Waals surface area contributed by atoms with E-state index in [1.165, 1.54) is 12.1 Å². The molecule has 0 heterocycles. The van der Waals surface area contributed by atoms with E-state index < -0.39 is 10.0 Å². The minimum atomic E-state index is -3.76. The molecule has 0 fully saturated rings. The molecule has 0 aromatic heterocycles. The Morgan fingerprint density at radius 1 is 1.33 bits per heavy atom. The predicted octanol–water partition coefficient (Wildman–Crippen LogP) is 3.34. The first-order valence-electron chi connectivity index (χ1n) is 4.89. The zero-order chi connectivity index (χ0) is 13.8. The molecule has 0 bridgehead atoms. The molecule has 0 unspecified atom stereocenters. The number of hydrogen-bond acceptors (Lipinski definition) is 3. The third-order valence-electron chi connectivity index (χ3n) is 1.99. The number of unbranched alkanes of at least 4 members (excludes halogenated alkanes) is 1. The van der Waals surface area contributed by atoms with Crippen LogP contribution in [0, 0.1) is 11.3 Å². The summed E-state index contributed by atoms with van der Waals surface area (Å²) in [7, 11) is -3.76. The number of rotatable bonds is 5. The summed E-state index contributed by atoms with van der Waals surface area (Å²) < 4.78 is 26.9. The van der Waals surface area contributed by atoms with E-state index in [9.17, 15) is 8.42 Å². The highest BCUT2D eigenvalue weighted by Crippen LogP contribution is 2.32. The number of sulfonamides is 1. The highest BCUT2D eigenvalue weighted by atomic mass is 79.9. The number of nitrogens with zero attached hydrogens (tertiary/aromatic N) is 1. The van der Waals surface area contributed by atoms with Gasteiger partial charge in [0.1, 0.15) is 4.90 Å². The Bertz CT molecular complexity index is 561. The first kappa shape index (κ1) is 15.7. The van der Waals surface area contributed by atoms with Gasteiger partial charge in [-0.1, -0.05) is 39.1 Å². The highest BCUT2D eigenvalue weighted by Gasteiger charge is 2.21. The molecule has 18 heavy (non-hydrogen) atoms. The Kier molecular flexibility index (Phi) is 5.89. The molecule has 1 rings (SSSR count). The van der Waals surface area contributed by atoms with Crippen LogP contribution in [0.15, 0.2) is 21.5 Å². The van der Waals surface area contributed by atoms with E-state index in [4.69, 9.17) is 28.5 Å². The van der Waals surface area contributed by atoms with Gasteiger partial charge in [-0.05, 0) is 18.6 Å². The molecule has 0 atom stereocenters. The molecule has 0 amide bonds. The van der Waals surface area contributed by atoms with Crippen LogP contribution < -0.4 is 4.72 Å². The van der Waals surface area contributed by atoms with Crippen molar-refractivity contribution in [1.82, 2.24) is 4.72 Å². The van der Waals surface area contributed by atoms with Crippen molar-refractivity contribution >= 4 is 49.2 Å². The van der Waals surface area contributed by atoms with Gasteiger partial charge in [0.15, 0.2) is 0 Å². The maximum atomic E-state index is 12.0. The number of benzene rings is 1. The standard InChI is InChI=1S/C10H9BrCl2N2O2S/c11-7-5-8(12)10(9(13)6-7)18(16,17)15-4-2-1-3-14/h5-6,15H,1-2,4H2. The van der Waals surface area contributed by atoms with Gasteiger partial charge in [-0.3, -0.25) is 0 Å². The lowest BCUT2D eigenvalue weighted by Crippen LogP contribution is -2.25. The number of nitrogens with one attached hydrogen (secondary N) is 1. The van der Waals surface area contributed by atoms with Crippen LogP contribution in [0.1, 0.15) is 12.8 Å². The fraction of sp³-hybridized carbons (Fsp3) is 0.300. The summed E-state index contributed by atoms with van der Waals surface area (Å²) in [5.41, 5.74) is 0. The smallest absolute Gasteiger partial charge is 0.211 e. The van der Waals surface area contributed by atoms with E-state index in [0.29, 0.717) is 10.9 Å². The second-order valence-electron chi connectivity index (χ2n) is 3.36. The molecule has 0 radical (unpaired) electrons. The Balaban J connectivity index is 2.96. The Morgan fingerprint density at radius 2 is 1.89 bits per heavy atom. The average Bonchev–Trinajstić information content (AvgIpc) is 2.22. The number of hydrogen-bond donors (Lipinski definition) is 1. The molecular weight excluding hydrogens is 363 g/mol. The van der Waals surface area contributed by atoms with Gasteiger partial charge < -0.3 is 0 Å². The van der Waals surface area contributed by atoms with E-state index in [1.54, 1.807) is 0 Å². The summed E-state index contributed by atoms with van der Waals surface area (Å²) in [6.07, 6.45) is 0.714. The lowest BCUT2D eigenvalue weighted by atomic mass is 10.3. The van der Waals surface area contributed by atoms with E-state index in [0.717, 1.165) is 0 Å². The van der Waals surface area contributed by atoms with E-state index in [1.807, 2.05) is 6.07 Å². The average molecular weight is 372 g/mol. The van der Waals surface area contributed by atoms with Crippen LogP contribution in [-0.4, -0.2) is 15.0 Å². The van der Waals surface area contributed by atoms with Gasteiger partial charge in [0, 0.05) is 17.4 Å². The van der Waals surface area contributed by atoms with Crippen LogP contribution in [0.3, 0.4) is 0 Å². The molecule has 98 valence electrons. The molecular formula is C10H9BrCl2N2O2S. The lowest BCUT2D eigenvalue weighted by Gasteiger charge is -2.10. The summed E-state index contributed by atoms with van der Waals surface area (Å²) in [5.74, 6) is 0. The summed E-state index contributed by atoms with van der Waals surface area (Å²) in [4.78, 5) is -0.147. The van der Waals surface area contributed by atoms with E-state index in [2.05, 4.69) is 20.7 Å². The third kappa shape index (κ3) is 4.11. The SMILES string of the molecule is N#CCCCNS(=O)(=O)c1c(Cl)cc(Br)cc1Cl. The van der Waals surface area contributed by atoms with Gasteiger partial charge in [0.05, 0.1) is 16.1 Å². The highest BCUT2D eigenvalue weighted by molar-refractivity contribution is 9.10. The second-order valence-corrected chi connectivity index (χ2v) is 6.79. The number of nitriles is 1. The molecule has 0 aliphatic rings. The maximum Gasteiger partial charge on any atom is 0.243 e. The molecule has 1 aromatic rings. The summed E-state index contributed by atoms with van der Waals surface area (Å²) in [6.45, 7) is 0.165. The molecule has 1 aromatic carbocycles. The van der Waals surface area contributed by atoms with Gasteiger partial charge in [0.25, 0.3) is 0 Å². The van der Waals surface area contributed by atoms with E-state index in [-0.39, 0.29) is 27.9 Å². The van der Waals surface area contributed by atoms with Gasteiger partial charge in [-0.15, -0.1) is 0 Å². The van der Waals surface area contributed by atoms with Crippen molar-refractivity contribution in [3.05, 3.63) is 26.7 Å². The van der Waals surface area contributed by atoms with Crippen LogP contribution in [0.5, 0.6) is 0 Å². The summed E-state index contributed by atoms with van der Waals surface area (Å²) in [6, 6.07) is 4.84. The van der Waals surface area contributed by atoms with Crippen LogP contribution in [0.4, 0.5) is 0 Å². The zero-order valence-corrected chi connectivity index (χ0v) is 13.0. The summed E-state index contributed by atoms with van der Waals surface area (Å²) >= 11 is 14.9. The Labute approximate surface area is 124 Å².